The number of methoxy groups -OCH3 is 1. The molecule has 3 rings (SSSR count). The molecule has 1 aliphatic rings. The Morgan fingerprint density at radius 2 is 2.35 bits per heavy atom. The van der Waals surface area contributed by atoms with E-state index in [1.165, 1.54) is 11.8 Å². The molecule has 0 amide bonds. The van der Waals surface area contributed by atoms with Gasteiger partial charge in [0.2, 0.25) is 0 Å². The van der Waals surface area contributed by atoms with Gasteiger partial charge in [0, 0.05) is 25.6 Å². The molecular formula is C17H22N2O3S. The minimum absolute atomic E-state index is 0.0750. The van der Waals surface area contributed by atoms with Crippen LogP contribution in [0.2, 0.25) is 0 Å². The number of fused-ring (bicyclic) bond motifs is 1. The fourth-order valence-electron chi connectivity index (χ4n) is 2.92. The lowest BCUT2D eigenvalue weighted by Gasteiger charge is -2.36. The van der Waals surface area contributed by atoms with Gasteiger partial charge in [-0.3, -0.25) is 9.69 Å². The Balaban J connectivity index is 1.60. The molecular weight excluding hydrogens is 312 g/mol. The van der Waals surface area contributed by atoms with Gasteiger partial charge < -0.3 is 9.47 Å². The first kappa shape index (κ1) is 16.4. The lowest BCUT2D eigenvalue weighted by atomic mass is 10.1. The summed E-state index contributed by atoms with van der Waals surface area (Å²) in [7, 11) is 1.42. The standard InChI is InChI=1S/C17H22N2O3S/c1-12(9-16-18-14-5-3-4-6-15(14)23-16)19-7-8-22-13(11-19)10-17(20)21-2/h3-6,12-13H,7-11H2,1-2H3/t12-,13-/m0/s1. The minimum atomic E-state index is -0.212. The molecule has 6 heteroatoms. The second-order valence-corrected chi connectivity index (χ2v) is 7.01. The van der Waals surface area contributed by atoms with Crippen LogP contribution in [0.4, 0.5) is 0 Å². The maximum Gasteiger partial charge on any atom is 0.308 e. The summed E-state index contributed by atoms with van der Waals surface area (Å²) in [5, 5.41) is 1.16. The third-order valence-electron chi connectivity index (χ3n) is 4.22. The summed E-state index contributed by atoms with van der Waals surface area (Å²) in [5.41, 5.74) is 1.07. The Morgan fingerprint density at radius 1 is 1.52 bits per heavy atom. The predicted molar refractivity (Wildman–Crippen MR) is 90.7 cm³/mol. The quantitative estimate of drug-likeness (QED) is 0.786. The second kappa shape index (κ2) is 7.38. The average Bonchev–Trinajstić information content (AvgIpc) is 2.97. The number of nitrogens with zero attached hydrogens (tertiary/aromatic N) is 2. The summed E-state index contributed by atoms with van der Waals surface area (Å²) in [5.74, 6) is -0.212. The van der Waals surface area contributed by atoms with Crippen LogP contribution in [0.25, 0.3) is 10.2 Å². The molecule has 1 aromatic carbocycles. The van der Waals surface area contributed by atoms with Gasteiger partial charge in [-0.25, -0.2) is 4.98 Å². The molecule has 1 aliphatic heterocycles. The van der Waals surface area contributed by atoms with Crippen molar-refractivity contribution in [2.75, 3.05) is 26.8 Å². The molecule has 23 heavy (non-hydrogen) atoms. The number of ether oxygens (including phenoxy) is 2. The van der Waals surface area contributed by atoms with Gasteiger partial charge >= 0.3 is 5.97 Å². The highest BCUT2D eigenvalue weighted by atomic mass is 32.1. The molecule has 1 saturated heterocycles. The Hall–Kier alpha value is -1.50. The van der Waals surface area contributed by atoms with E-state index < -0.39 is 0 Å². The highest BCUT2D eigenvalue weighted by Gasteiger charge is 2.26. The average molecular weight is 334 g/mol. The fourth-order valence-corrected chi connectivity index (χ4v) is 4.01. The van der Waals surface area contributed by atoms with Crippen molar-refractivity contribution >= 4 is 27.5 Å². The van der Waals surface area contributed by atoms with Gasteiger partial charge in [0.25, 0.3) is 0 Å². The zero-order valence-corrected chi connectivity index (χ0v) is 14.3. The van der Waals surface area contributed by atoms with Crippen molar-refractivity contribution in [1.29, 1.82) is 0 Å². The maximum atomic E-state index is 11.4. The van der Waals surface area contributed by atoms with Gasteiger partial charge in [-0.05, 0) is 19.1 Å². The molecule has 0 aliphatic carbocycles. The van der Waals surface area contributed by atoms with Gasteiger partial charge in [-0.15, -0.1) is 11.3 Å². The topological polar surface area (TPSA) is 51.7 Å². The van der Waals surface area contributed by atoms with Crippen LogP contribution < -0.4 is 0 Å². The van der Waals surface area contributed by atoms with Gasteiger partial charge in [0.15, 0.2) is 0 Å². The molecule has 2 aromatic rings. The zero-order valence-electron chi connectivity index (χ0n) is 13.5. The number of hydrogen-bond acceptors (Lipinski definition) is 6. The largest absolute Gasteiger partial charge is 0.469 e. The van der Waals surface area contributed by atoms with Crippen LogP contribution in [-0.4, -0.2) is 54.8 Å². The van der Waals surface area contributed by atoms with E-state index >= 15 is 0 Å². The molecule has 2 atom stereocenters. The summed E-state index contributed by atoms with van der Waals surface area (Å²) in [6.07, 6.45) is 1.17. The number of para-hydroxylation sites is 1. The van der Waals surface area contributed by atoms with E-state index in [1.54, 1.807) is 11.3 Å². The molecule has 1 aromatic heterocycles. The Labute approximate surface area is 140 Å². The van der Waals surface area contributed by atoms with Crippen LogP contribution in [0.5, 0.6) is 0 Å². The number of thiazole rings is 1. The van der Waals surface area contributed by atoms with Gasteiger partial charge in [0.1, 0.15) is 0 Å². The zero-order chi connectivity index (χ0) is 16.2. The van der Waals surface area contributed by atoms with E-state index in [9.17, 15) is 4.79 Å². The number of aromatic nitrogens is 1. The first-order valence-electron chi connectivity index (χ1n) is 7.92. The van der Waals surface area contributed by atoms with E-state index in [0.717, 1.165) is 30.0 Å². The summed E-state index contributed by atoms with van der Waals surface area (Å²) in [4.78, 5) is 18.5. The van der Waals surface area contributed by atoms with Crippen molar-refractivity contribution in [3.8, 4) is 0 Å². The van der Waals surface area contributed by atoms with E-state index in [1.807, 2.05) is 12.1 Å². The third kappa shape index (κ3) is 4.07. The van der Waals surface area contributed by atoms with E-state index in [4.69, 9.17) is 14.5 Å². The van der Waals surface area contributed by atoms with Crippen molar-refractivity contribution in [3.63, 3.8) is 0 Å². The van der Waals surface area contributed by atoms with Crippen LogP contribution in [-0.2, 0) is 20.7 Å². The summed E-state index contributed by atoms with van der Waals surface area (Å²) in [6.45, 7) is 4.53. The van der Waals surface area contributed by atoms with E-state index in [0.29, 0.717) is 19.1 Å². The number of carbonyl (C=O) groups excluding carboxylic acids is 1. The van der Waals surface area contributed by atoms with Crippen LogP contribution in [0.1, 0.15) is 18.4 Å². The lowest BCUT2D eigenvalue weighted by molar-refractivity contribution is -0.146. The third-order valence-corrected chi connectivity index (χ3v) is 5.28. The molecule has 0 radical (unpaired) electrons. The Bertz CT molecular complexity index is 640. The molecule has 5 nitrogen and oxygen atoms in total. The first-order chi connectivity index (χ1) is 11.2. The number of morpholine rings is 1. The molecule has 2 heterocycles. The Morgan fingerprint density at radius 3 is 3.13 bits per heavy atom. The maximum absolute atomic E-state index is 11.4. The normalized spacial score (nSPS) is 20.5. The van der Waals surface area contributed by atoms with Crippen molar-refractivity contribution in [2.24, 2.45) is 0 Å². The lowest BCUT2D eigenvalue weighted by Crippen LogP contribution is -2.48. The van der Waals surface area contributed by atoms with Crippen molar-refractivity contribution in [1.82, 2.24) is 9.88 Å². The highest BCUT2D eigenvalue weighted by Crippen LogP contribution is 2.24. The summed E-state index contributed by atoms with van der Waals surface area (Å²) in [6, 6.07) is 8.62. The first-order valence-corrected chi connectivity index (χ1v) is 8.74. The fraction of sp³-hybridized carbons (Fsp3) is 0.529. The number of carbonyl (C=O) groups is 1. The van der Waals surface area contributed by atoms with E-state index in [2.05, 4.69) is 24.0 Å². The number of hydrogen-bond donors (Lipinski definition) is 0. The van der Waals surface area contributed by atoms with Crippen LogP contribution in [0.15, 0.2) is 24.3 Å². The molecule has 0 N–H and O–H groups in total. The highest BCUT2D eigenvalue weighted by molar-refractivity contribution is 7.18. The molecule has 0 bridgehead atoms. The monoisotopic (exact) mass is 334 g/mol. The summed E-state index contributed by atoms with van der Waals surface area (Å²) < 4.78 is 11.6. The van der Waals surface area contributed by atoms with Gasteiger partial charge in [-0.1, -0.05) is 12.1 Å². The van der Waals surface area contributed by atoms with Crippen LogP contribution in [0.3, 0.4) is 0 Å². The molecule has 0 saturated carbocycles. The van der Waals surface area contributed by atoms with Crippen LogP contribution in [0, 0.1) is 0 Å². The molecule has 1 fully saturated rings. The predicted octanol–water partition coefficient (Wildman–Crippen LogP) is 2.49. The van der Waals surface area contributed by atoms with Crippen molar-refractivity contribution < 1.29 is 14.3 Å². The Kier molecular flexibility index (Phi) is 5.25. The number of benzene rings is 1. The number of esters is 1. The van der Waals surface area contributed by atoms with Crippen molar-refractivity contribution in [3.05, 3.63) is 29.3 Å². The van der Waals surface area contributed by atoms with Gasteiger partial charge in [0.05, 0.1) is 41.5 Å². The molecule has 124 valence electrons. The van der Waals surface area contributed by atoms with E-state index in [-0.39, 0.29) is 12.1 Å². The van der Waals surface area contributed by atoms with Gasteiger partial charge in [-0.2, -0.15) is 0 Å². The SMILES string of the molecule is COC(=O)C[C@H]1CN([C@@H](C)Cc2nc3ccccc3s2)CCO1. The smallest absolute Gasteiger partial charge is 0.308 e. The number of rotatable bonds is 5. The molecule has 0 spiro atoms. The van der Waals surface area contributed by atoms with Crippen LogP contribution >= 0.6 is 11.3 Å². The van der Waals surface area contributed by atoms with Crippen molar-refractivity contribution in [2.45, 2.75) is 31.9 Å². The second-order valence-electron chi connectivity index (χ2n) is 5.90. The molecule has 0 unspecified atom stereocenters. The summed E-state index contributed by atoms with van der Waals surface area (Å²) >= 11 is 1.76. The minimum Gasteiger partial charge on any atom is -0.469 e.